The summed E-state index contributed by atoms with van der Waals surface area (Å²) in [5, 5.41) is 3.31. The van der Waals surface area contributed by atoms with Crippen LogP contribution in [0.2, 0.25) is 0 Å². The van der Waals surface area contributed by atoms with E-state index in [1.165, 1.54) is 0 Å². The lowest BCUT2D eigenvalue weighted by molar-refractivity contribution is 0.0949. The van der Waals surface area contributed by atoms with E-state index in [1.54, 1.807) is 32.4 Å². The van der Waals surface area contributed by atoms with E-state index < -0.39 is 0 Å². The van der Waals surface area contributed by atoms with Crippen molar-refractivity contribution in [1.29, 1.82) is 0 Å². The number of piperidine rings is 1. The van der Waals surface area contributed by atoms with Gasteiger partial charge in [0.1, 0.15) is 11.5 Å². The molecular weight excluding hydrogens is 242 g/mol. The highest BCUT2D eigenvalue weighted by molar-refractivity contribution is 5.99. The van der Waals surface area contributed by atoms with E-state index in [2.05, 4.69) is 5.32 Å². The van der Waals surface area contributed by atoms with Gasteiger partial charge in [-0.2, -0.15) is 0 Å². The third-order valence-corrected chi connectivity index (χ3v) is 3.64. The first kappa shape index (κ1) is 13.9. The first-order valence-corrected chi connectivity index (χ1v) is 6.70. The smallest absolute Gasteiger partial charge is 0.167 e. The fourth-order valence-corrected chi connectivity index (χ4v) is 2.49. The highest BCUT2D eigenvalue weighted by Gasteiger charge is 2.20. The zero-order valence-corrected chi connectivity index (χ0v) is 11.6. The number of ether oxygens (including phenoxy) is 2. The van der Waals surface area contributed by atoms with Gasteiger partial charge in [-0.3, -0.25) is 4.79 Å². The summed E-state index contributed by atoms with van der Waals surface area (Å²) in [7, 11) is 3.19. The van der Waals surface area contributed by atoms with Crippen molar-refractivity contribution < 1.29 is 14.3 Å². The summed E-state index contributed by atoms with van der Waals surface area (Å²) in [5.41, 5.74) is 0.625. The van der Waals surface area contributed by atoms with E-state index in [0.29, 0.717) is 29.4 Å². The van der Waals surface area contributed by atoms with Crippen LogP contribution in [0.1, 0.15) is 29.6 Å². The summed E-state index contributed by atoms with van der Waals surface area (Å²) in [5.74, 6) is 1.93. The molecule has 0 unspecified atom stereocenters. The first-order chi connectivity index (χ1) is 9.24. The van der Waals surface area contributed by atoms with E-state index in [1.807, 2.05) is 0 Å². The number of carbonyl (C=O) groups is 1. The van der Waals surface area contributed by atoms with Crippen molar-refractivity contribution in [3.05, 3.63) is 23.8 Å². The molecule has 1 aliphatic heterocycles. The zero-order chi connectivity index (χ0) is 13.7. The molecule has 0 aromatic heterocycles. The van der Waals surface area contributed by atoms with Gasteiger partial charge in [0.05, 0.1) is 19.8 Å². The maximum absolute atomic E-state index is 12.4. The fraction of sp³-hybridized carbons (Fsp3) is 0.533. The van der Waals surface area contributed by atoms with Crippen LogP contribution in [-0.2, 0) is 0 Å². The van der Waals surface area contributed by atoms with Gasteiger partial charge >= 0.3 is 0 Å². The summed E-state index contributed by atoms with van der Waals surface area (Å²) in [6, 6.07) is 5.36. The molecular formula is C15H21NO3. The minimum absolute atomic E-state index is 0.141. The molecule has 2 rings (SSSR count). The molecule has 4 heteroatoms. The Kier molecular flexibility index (Phi) is 4.80. The van der Waals surface area contributed by atoms with Gasteiger partial charge in [0, 0.05) is 6.42 Å². The number of hydrogen-bond acceptors (Lipinski definition) is 4. The topological polar surface area (TPSA) is 47.6 Å². The summed E-state index contributed by atoms with van der Waals surface area (Å²) < 4.78 is 10.4. The Labute approximate surface area is 114 Å². The lowest BCUT2D eigenvalue weighted by Crippen LogP contribution is -2.29. The van der Waals surface area contributed by atoms with Crippen LogP contribution in [-0.4, -0.2) is 33.1 Å². The molecule has 0 saturated carbocycles. The second-order valence-corrected chi connectivity index (χ2v) is 4.89. The van der Waals surface area contributed by atoms with E-state index >= 15 is 0 Å². The Morgan fingerprint density at radius 3 is 2.63 bits per heavy atom. The Morgan fingerprint density at radius 1 is 1.26 bits per heavy atom. The van der Waals surface area contributed by atoms with Crippen LogP contribution in [0, 0.1) is 5.92 Å². The molecule has 0 spiro atoms. The Bertz CT molecular complexity index is 439. The van der Waals surface area contributed by atoms with Gasteiger partial charge in [-0.1, -0.05) is 0 Å². The molecule has 1 N–H and O–H groups in total. The van der Waals surface area contributed by atoms with Crippen LogP contribution in [0.25, 0.3) is 0 Å². The normalized spacial score (nSPS) is 16.1. The largest absolute Gasteiger partial charge is 0.497 e. The predicted molar refractivity (Wildman–Crippen MR) is 74.1 cm³/mol. The maximum Gasteiger partial charge on any atom is 0.167 e. The molecule has 1 heterocycles. The predicted octanol–water partition coefficient (Wildman–Crippen LogP) is 2.28. The Morgan fingerprint density at radius 2 is 2.00 bits per heavy atom. The van der Waals surface area contributed by atoms with Crippen LogP contribution in [0.5, 0.6) is 11.5 Å². The van der Waals surface area contributed by atoms with Crippen molar-refractivity contribution in [1.82, 2.24) is 5.32 Å². The number of rotatable bonds is 5. The van der Waals surface area contributed by atoms with Crippen molar-refractivity contribution in [3.63, 3.8) is 0 Å². The lowest BCUT2D eigenvalue weighted by Gasteiger charge is -2.22. The van der Waals surface area contributed by atoms with Crippen molar-refractivity contribution in [2.24, 2.45) is 5.92 Å². The van der Waals surface area contributed by atoms with Crippen molar-refractivity contribution in [3.8, 4) is 11.5 Å². The van der Waals surface area contributed by atoms with Crippen molar-refractivity contribution in [2.45, 2.75) is 19.3 Å². The maximum atomic E-state index is 12.4. The van der Waals surface area contributed by atoms with Gasteiger partial charge in [-0.25, -0.2) is 0 Å². The standard InChI is InChI=1S/C15H21NO3/c1-18-12-3-4-15(19-2)13(10-12)14(17)9-11-5-7-16-8-6-11/h3-4,10-11,16H,5-9H2,1-2H3. The van der Waals surface area contributed by atoms with E-state index in [-0.39, 0.29) is 5.78 Å². The highest BCUT2D eigenvalue weighted by atomic mass is 16.5. The Hall–Kier alpha value is -1.55. The summed E-state index contributed by atoms with van der Waals surface area (Å²) in [4.78, 5) is 12.4. The molecule has 19 heavy (non-hydrogen) atoms. The molecule has 0 aliphatic carbocycles. The molecule has 0 atom stereocenters. The van der Waals surface area contributed by atoms with E-state index in [9.17, 15) is 4.79 Å². The van der Waals surface area contributed by atoms with Crippen LogP contribution in [0.4, 0.5) is 0 Å². The van der Waals surface area contributed by atoms with Gasteiger partial charge < -0.3 is 14.8 Å². The lowest BCUT2D eigenvalue weighted by atomic mass is 9.90. The minimum atomic E-state index is 0.141. The molecule has 0 bridgehead atoms. The van der Waals surface area contributed by atoms with Gasteiger partial charge in [-0.15, -0.1) is 0 Å². The SMILES string of the molecule is COc1ccc(OC)c(C(=O)CC2CCNCC2)c1. The average Bonchev–Trinajstić information content (AvgIpc) is 2.47. The van der Waals surface area contributed by atoms with Gasteiger partial charge in [0.2, 0.25) is 0 Å². The zero-order valence-electron chi connectivity index (χ0n) is 11.6. The van der Waals surface area contributed by atoms with Crippen LogP contribution in [0.3, 0.4) is 0 Å². The van der Waals surface area contributed by atoms with Crippen LogP contribution < -0.4 is 14.8 Å². The molecule has 1 aromatic rings. The quantitative estimate of drug-likeness (QED) is 0.828. The summed E-state index contributed by atoms with van der Waals surface area (Å²) in [6.45, 7) is 2.01. The van der Waals surface area contributed by atoms with Crippen LogP contribution >= 0.6 is 0 Å². The van der Waals surface area contributed by atoms with Gasteiger partial charge in [0.25, 0.3) is 0 Å². The third-order valence-electron chi connectivity index (χ3n) is 3.64. The number of ketones is 1. The second-order valence-electron chi connectivity index (χ2n) is 4.89. The molecule has 0 amide bonds. The molecule has 1 saturated heterocycles. The Balaban J connectivity index is 2.12. The monoisotopic (exact) mass is 263 g/mol. The first-order valence-electron chi connectivity index (χ1n) is 6.70. The number of nitrogens with one attached hydrogen (secondary N) is 1. The number of carbonyl (C=O) groups excluding carboxylic acids is 1. The number of hydrogen-bond donors (Lipinski definition) is 1. The van der Waals surface area contributed by atoms with E-state index in [4.69, 9.17) is 9.47 Å². The molecule has 104 valence electrons. The minimum Gasteiger partial charge on any atom is -0.497 e. The van der Waals surface area contributed by atoms with Gasteiger partial charge in [0.15, 0.2) is 5.78 Å². The third kappa shape index (κ3) is 3.47. The molecule has 0 radical (unpaired) electrons. The van der Waals surface area contributed by atoms with Gasteiger partial charge in [-0.05, 0) is 50.0 Å². The summed E-state index contributed by atoms with van der Waals surface area (Å²) >= 11 is 0. The number of benzene rings is 1. The number of Topliss-reactive ketones (excluding diaryl/α,β-unsaturated/α-hetero) is 1. The van der Waals surface area contributed by atoms with Crippen molar-refractivity contribution >= 4 is 5.78 Å². The van der Waals surface area contributed by atoms with E-state index in [0.717, 1.165) is 25.9 Å². The second kappa shape index (κ2) is 6.57. The highest BCUT2D eigenvalue weighted by Crippen LogP contribution is 2.27. The molecule has 1 fully saturated rings. The molecule has 4 nitrogen and oxygen atoms in total. The fourth-order valence-electron chi connectivity index (χ4n) is 2.49. The number of methoxy groups -OCH3 is 2. The molecule has 1 aliphatic rings. The average molecular weight is 263 g/mol. The van der Waals surface area contributed by atoms with Crippen LogP contribution in [0.15, 0.2) is 18.2 Å². The molecule has 1 aromatic carbocycles. The van der Waals surface area contributed by atoms with Crippen molar-refractivity contribution in [2.75, 3.05) is 27.3 Å². The summed E-state index contributed by atoms with van der Waals surface area (Å²) in [6.07, 6.45) is 2.72.